The van der Waals surface area contributed by atoms with Crippen molar-refractivity contribution in [3.8, 4) is 0 Å². The molecule has 0 aliphatic heterocycles. The minimum Gasteiger partial charge on any atom is -0.466 e. The van der Waals surface area contributed by atoms with Gasteiger partial charge in [0.15, 0.2) is 0 Å². The Hall–Kier alpha value is -2.08. The fraction of sp³-hybridized carbons (Fsp3) is 0.214. The minimum absolute atomic E-state index is 0.0392. The van der Waals surface area contributed by atoms with Crippen LogP contribution in [0, 0.1) is 10.1 Å². The number of para-hydroxylation sites is 1. The van der Waals surface area contributed by atoms with Crippen molar-refractivity contribution >= 4 is 29.5 Å². The number of nitrogens with zero attached hydrogens (tertiary/aromatic N) is 1. The summed E-state index contributed by atoms with van der Waals surface area (Å²) in [5, 5.41) is 10.9. The zero-order chi connectivity index (χ0) is 15.0. The summed E-state index contributed by atoms with van der Waals surface area (Å²) in [6.45, 7) is 3.60. The van der Waals surface area contributed by atoms with Crippen LogP contribution in [0.5, 0.6) is 0 Å². The van der Waals surface area contributed by atoms with Gasteiger partial charge in [-0.15, -0.1) is 6.58 Å². The summed E-state index contributed by atoms with van der Waals surface area (Å²) in [4.78, 5) is 22.2. The zero-order valence-corrected chi connectivity index (χ0v) is 11.9. The SMILES string of the molecule is C=CCSC/C(=C\c1ccccc1[N+](=O)[O-])C(=O)OC. The Morgan fingerprint density at radius 1 is 1.50 bits per heavy atom. The summed E-state index contributed by atoms with van der Waals surface area (Å²) in [6, 6.07) is 6.27. The van der Waals surface area contributed by atoms with Crippen molar-refractivity contribution < 1.29 is 14.5 Å². The van der Waals surface area contributed by atoms with E-state index in [-0.39, 0.29) is 5.69 Å². The molecular weight excluding hydrogens is 278 g/mol. The van der Waals surface area contributed by atoms with Gasteiger partial charge in [0.1, 0.15) is 0 Å². The maximum atomic E-state index is 11.7. The van der Waals surface area contributed by atoms with Crippen molar-refractivity contribution in [1.29, 1.82) is 0 Å². The van der Waals surface area contributed by atoms with E-state index in [9.17, 15) is 14.9 Å². The lowest BCUT2D eigenvalue weighted by Gasteiger charge is -2.05. The fourth-order valence-electron chi connectivity index (χ4n) is 1.51. The summed E-state index contributed by atoms with van der Waals surface area (Å²) in [6.07, 6.45) is 3.23. The van der Waals surface area contributed by atoms with Crippen molar-refractivity contribution in [1.82, 2.24) is 0 Å². The molecule has 0 aromatic heterocycles. The van der Waals surface area contributed by atoms with Crippen molar-refractivity contribution in [2.75, 3.05) is 18.6 Å². The lowest BCUT2D eigenvalue weighted by atomic mass is 10.1. The van der Waals surface area contributed by atoms with E-state index in [1.54, 1.807) is 24.3 Å². The van der Waals surface area contributed by atoms with Gasteiger partial charge >= 0.3 is 5.97 Å². The van der Waals surface area contributed by atoms with Gasteiger partial charge in [0.05, 0.1) is 17.6 Å². The van der Waals surface area contributed by atoms with E-state index in [0.29, 0.717) is 22.6 Å². The van der Waals surface area contributed by atoms with Crippen LogP contribution in [0.25, 0.3) is 6.08 Å². The third kappa shape index (κ3) is 4.55. The molecule has 1 aromatic carbocycles. The van der Waals surface area contributed by atoms with E-state index in [4.69, 9.17) is 4.74 Å². The van der Waals surface area contributed by atoms with Crippen LogP contribution in [0.3, 0.4) is 0 Å². The molecule has 0 atom stereocenters. The number of nitro groups is 1. The number of carbonyl (C=O) groups excluding carboxylic acids is 1. The van der Waals surface area contributed by atoms with Crippen LogP contribution in [0.15, 0.2) is 42.5 Å². The first-order chi connectivity index (χ1) is 9.60. The number of hydrogen-bond donors (Lipinski definition) is 0. The van der Waals surface area contributed by atoms with E-state index in [2.05, 4.69) is 6.58 Å². The smallest absolute Gasteiger partial charge is 0.334 e. The van der Waals surface area contributed by atoms with Crippen molar-refractivity contribution in [2.24, 2.45) is 0 Å². The highest BCUT2D eigenvalue weighted by Gasteiger charge is 2.15. The number of thioether (sulfide) groups is 1. The molecular formula is C14H15NO4S. The predicted octanol–water partition coefficient (Wildman–Crippen LogP) is 3.07. The Labute approximate surface area is 121 Å². The van der Waals surface area contributed by atoms with E-state index in [0.717, 1.165) is 0 Å². The second-order valence-corrected chi connectivity index (χ2v) is 4.81. The first-order valence-electron chi connectivity index (χ1n) is 5.81. The molecule has 0 saturated carbocycles. The number of ether oxygens (including phenoxy) is 1. The van der Waals surface area contributed by atoms with Gasteiger partial charge in [-0.2, -0.15) is 11.8 Å². The lowest BCUT2D eigenvalue weighted by molar-refractivity contribution is -0.385. The Morgan fingerprint density at radius 2 is 2.20 bits per heavy atom. The monoisotopic (exact) mass is 293 g/mol. The molecule has 0 saturated heterocycles. The van der Waals surface area contributed by atoms with Crippen LogP contribution in [-0.4, -0.2) is 29.5 Å². The predicted molar refractivity (Wildman–Crippen MR) is 80.6 cm³/mol. The molecule has 0 aliphatic carbocycles. The van der Waals surface area contributed by atoms with Gasteiger partial charge in [0.25, 0.3) is 5.69 Å². The van der Waals surface area contributed by atoms with E-state index in [1.807, 2.05) is 0 Å². The first-order valence-corrected chi connectivity index (χ1v) is 6.96. The van der Waals surface area contributed by atoms with Crippen LogP contribution >= 0.6 is 11.8 Å². The van der Waals surface area contributed by atoms with E-state index < -0.39 is 10.9 Å². The van der Waals surface area contributed by atoms with Crippen LogP contribution in [-0.2, 0) is 9.53 Å². The molecule has 0 radical (unpaired) electrons. The number of carbonyl (C=O) groups is 1. The summed E-state index contributed by atoms with van der Waals surface area (Å²) < 4.78 is 4.70. The molecule has 0 bridgehead atoms. The highest BCUT2D eigenvalue weighted by molar-refractivity contribution is 7.99. The topological polar surface area (TPSA) is 69.4 Å². The van der Waals surface area contributed by atoms with Gasteiger partial charge in [-0.1, -0.05) is 18.2 Å². The van der Waals surface area contributed by atoms with Crippen molar-refractivity contribution in [3.05, 3.63) is 58.2 Å². The maximum Gasteiger partial charge on any atom is 0.334 e. The molecule has 0 spiro atoms. The third-order valence-corrected chi connectivity index (χ3v) is 3.39. The number of benzene rings is 1. The van der Waals surface area contributed by atoms with Gasteiger partial charge in [0.2, 0.25) is 0 Å². The number of rotatable bonds is 7. The van der Waals surface area contributed by atoms with Crippen LogP contribution in [0.4, 0.5) is 5.69 Å². The van der Waals surface area contributed by atoms with Crippen LogP contribution in [0.1, 0.15) is 5.56 Å². The van der Waals surface area contributed by atoms with Crippen molar-refractivity contribution in [2.45, 2.75) is 0 Å². The molecule has 20 heavy (non-hydrogen) atoms. The first kappa shape index (κ1) is 16.0. The average molecular weight is 293 g/mol. The van der Waals surface area contributed by atoms with Gasteiger partial charge in [-0.05, 0) is 12.1 Å². The molecule has 0 N–H and O–H groups in total. The van der Waals surface area contributed by atoms with E-state index in [1.165, 1.54) is 31.0 Å². The van der Waals surface area contributed by atoms with E-state index >= 15 is 0 Å². The Bertz CT molecular complexity index is 540. The van der Waals surface area contributed by atoms with Crippen molar-refractivity contribution in [3.63, 3.8) is 0 Å². The summed E-state index contributed by atoms with van der Waals surface area (Å²) in [7, 11) is 1.29. The van der Waals surface area contributed by atoms with Gasteiger partial charge in [-0.25, -0.2) is 4.79 Å². The second-order valence-electron chi connectivity index (χ2n) is 3.78. The van der Waals surface area contributed by atoms with Gasteiger partial charge in [-0.3, -0.25) is 10.1 Å². The normalized spacial score (nSPS) is 10.9. The molecule has 0 amide bonds. The molecule has 1 aromatic rings. The molecule has 1 rings (SSSR count). The van der Waals surface area contributed by atoms with Gasteiger partial charge < -0.3 is 4.74 Å². The lowest BCUT2D eigenvalue weighted by Crippen LogP contribution is -2.07. The largest absolute Gasteiger partial charge is 0.466 e. The number of methoxy groups -OCH3 is 1. The van der Waals surface area contributed by atoms with Gasteiger partial charge in [0, 0.05) is 23.1 Å². The highest BCUT2D eigenvalue weighted by atomic mass is 32.2. The molecule has 106 valence electrons. The Kier molecular flexibility index (Phi) is 6.52. The summed E-state index contributed by atoms with van der Waals surface area (Å²) in [5.41, 5.74) is 0.730. The number of nitro benzene ring substituents is 1. The van der Waals surface area contributed by atoms with Crippen LogP contribution in [0.2, 0.25) is 0 Å². The average Bonchev–Trinajstić information content (AvgIpc) is 2.46. The fourth-order valence-corrected chi connectivity index (χ4v) is 2.21. The molecule has 0 aliphatic rings. The second kappa shape index (κ2) is 8.16. The molecule has 5 nitrogen and oxygen atoms in total. The third-order valence-electron chi connectivity index (χ3n) is 2.40. The molecule has 0 unspecified atom stereocenters. The minimum atomic E-state index is -0.486. The summed E-state index contributed by atoms with van der Waals surface area (Å²) in [5.74, 6) is 0.607. The Morgan fingerprint density at radius 3 is 2.80 bits per heavy atom. The zero-order valence-electron chi connectivity index (χ0n) is 11.1. The summed E-state index contributed by atoms with van der Waals surface area (Å²) >= 11 is 1.48. The quantitative estimate of drug-likeness (QED) is 0.193. The van der Waals surface area contributed by atoms with Crippen LogP contribution < -0.4 is 0 Å². The Balaban J connectivity index is 3.09. The molecule has 0 fully saturated rings. The standard InChI is InChI=1S/C14H15NO4S/c1-3-8-20-10-12(14(16)19-2)9-11-6-4-5-7-13(11)15(17)18/h3-7,9H,1,8,10H2,2H3/b12-9+. The highest BCUT2D eigenvalue weighted by Crippen LogP contribution is 2.22. The molecule has 0 heterocycles. The molecule has 6 heteroatoms. The maximum absolute atomic E-state index is 11.7. The number of esters is 1. The number of hydrogen-bond acceptors (Lipinski definition) is 5.